The van der Waals surface area contributed by atoms with E-state index in [9.17, 15) is 14.4 Å². The quantitative estimate of drug-likeness (QED) is 0.342. The molecule has 1 aromatic carbocycles. The van der Waals surface area contributed by atoms with E-state index >= 15 is 0 Å². The summed E-state index contributed by atoms with van der Waals surface area (Å²) < 4.78 is 4.93. The summed E-state index contributed by atoms with van der Waals surface area (Å²) in [7, 11) is 0. The highest BCUT2D eigenvalue weighted by Gasteiger charge is 2.23. The van der Waals surface area contributed by atoms with Crippen molar-refractivity contribution < 1.29 is 19.1 Å². The second-order valence-electron chi connectivity index (χ2n) is 4.00. The summed E-state index contributed by atoms with van der Waals surface area (Å²) in [5.74, 6) is -0.647. The van der Waals surface area contributed by atoms with E-state index in [1.54, 1.807) is 12.1 Å². The number of benzene rings is 1. The number of hydrogen-bond donors (Lipinski definition) is 0. The molecule has 4 heteroatoms. The molecule has 0 aromatic heterocycles. The summed E-state index contributed by atoms with van der Waals surface area (Å²) in [6, 6.07) is 5.24. The van der Waals surface area contributed by atoms with Gasteiger partial charge in [-0.1, -0.05) is 12.1 Å². The van der Waals surface area contributed by atoms with Crippen molar-refractivity contribution in [3.8, 4) is 5.75 Å². The molecule has 1 aromatic rings. The van der Waals surface area contributed by atoms with Gasteiger partial charge in [-0.25, -0.2) is 4.79 Å². The van der Waals surface area contributed by atoms with Gasteiger partial charge in [0, 0.05) is 5.92 Å². The van der Waals surface area contributed by atoms with E-state index in [-0.39, 0.29) is 12.2 Å². The summed E-state index contributed by atoms with van der Waals surface area (Å²) in [4.78, 5) is 32.2. The van der Waals surface area contributed by atoms with Crippen LogP contribution in [0.3, 0.4) is 0 Å². The van der Waals surface area contributed by atoms with E-state index in [2.05, 4.69) is 0 Å². The number of fused-ring (bicyclic) bond motifs is 1. The van der Waals surface area contributed by atoms with Crippen molar-refractivity contribution in [2.45, 2.75) is 25.2 Å². The first-order chi connectivity index (χ1) is 8.26. The van der Waals surface area contributed by atoms with Crippen molar-refractivity contribution in [2.75, 3.05) is 0 Å². The summed E-state index contributed by atoms with van der Waals surface area (Å²) in [6.45, 7) is 0. The Kier molecular flexibility index (Phi) is 3.32. The van der Waals surface area contributed by atoms with Crippen LogP contribution in [0, 0.1) is 0 Å². The van der Waals surface area contributed by atoms with E-state index in [4.69, 9.17) is 4.74 Å². The molecule has 0 amide bonds. The van der Waals surface area contributed by atoms with Gasteiger partial charge in [0.05, 0.1) is 0 Å². The lowest BCUT2D eigenvalue weighted by molar-refractivity contribution is -0.141. The van der Waals surface area contributed by atoms with E-state index in [0.29, 0.717) is 5.75 Å². The standard InChI is InChI=1S/C13H12O4/c14-7-9-3-1-5-11-10(9)4-2-6-12(11)17-13(16)8-15/h2,4,6-9H,1,3,5H2. The number of carbonyl (C=O) groups is 3. The van der Waals surface area contributed by atoms with E-state index in [0.717, 1.165) is 36.7 Å². The normalized spacial score (nSPS) is 18.0. The molecule has 1 aliphatic carbocycles. The fraction of sp³-hybridized carbons (Fsp3) is 0.308. The van der Waals surface area contributed by atoms with Gasteiger partial charge in [-0.3, -0.25) is 4.79 Å². The molecule has 0 spiro atoms. The van der Waals surface area contributed by atoms with Crippen LogP contribution in [-0.4, -0.2) is 18.5 Å². The third-order valence-corrected chi connectivity index (χ3v) is 2.98. The first-order valence-electron chi connectivity index (χ1n) is 5.50. The number of hydrogen-bond acceptors (Lipinski definition) is 4. The van der Waals surface area contributed by atoms with Gasteiger partial charge in [0.2, 0.25) is 6.29 Å². The molecule has 0 aliphatic heterocycles. The minimum absolute atomic E-state index is 0.131. The summed E-state index contributed by atoms with van der Waals surface area (Å²) in [5.41, 5.74) is 1.77. The van der Waals surface area contributed by atoms with Crippen LogP contribution < -0.4 is 4.74 Å². The second-order valence-corrected chi connectivity index (χ2v) is 4.00. The van der Waals surface area contributed by atoms with Crippen LogP contribution in [0.2, 0.25) is 0 Å². The molecule has 88 valence electrons. The van der Waals surface area contributed by atoms with E-state index in [1.807, 2.05) is 6.07 Å². The minimum Gasteiger partial charge on any atom is -0.421 e. The second kappa shape index (κ2) is 4.91. The average Bonchev–Trinajstić information content (AvgIpc) is 2.38. The molecule has 1 atom stereocenters. The van der Waals surface area contributed by atoms with Crippen LogP contribution in [0.25, 0.3) is 0 Å². The number of carbonyl (C=O) groups excluding carboxylic acids is 3. The zero-order chi connectivity index (χ0) is 12.3. The molecular weight excluding hydrogens is 220 g/mol. The van der Waals surface area contributed by atoms with Gasteiger partial charge in [-0.05, 0) is 36.5 Å². The van der Waals surface area contributed by atoms with Gasteiger partial charge in [-0.15, -0.1) is 0 Å². The third kappa shape index (κ3) is 2.25. The molecule has 1 aliphatic rings. The molecule has 0 bridgehead atoms. The zero-order valence-corrected chi connectivity index (χ0v) is 9.22. The maximum atomic E-state index is 11.0. The number of aldehydes is 2. The van der Waals surface area contributed by atoms with E-state index < -0.39 is 5.97 Å². The fourth-order valence-corrected chi connectivity index (χ4v) is 2.22. The lowest BCUT2D eigenvalue weighted by Gasteiger charge is -2.22. The highest BCUT2D eigenvalue weighted by Crippen LogP contribution is 2.35. The Bertz CT molecular complexity index is 464. The Morgan fingerprint density at radius 3 is 2.88 bits per heavy atom. The molecule has 0 saturated heterocycles. The highest BCUT2D eigenvalue weighted by molar-refractivity contribution is 6.21. The van der Waals surface area contributed by atoms with Crippen LogP contribution >= 0.6 is 0 Å². The molecule has 17 heavy (non-hydrogen) atoms. The molecule has 0 fully saturated rings. The molecule has 0 heterocycles. The van der Waals surface area contributed by atoms with Gasteiger partial charge in [0.15, 0.2) is 0 Å². The summed E-state index contributed by atoms with van der Waals surface area (Å²) in [5, 5.41) is 0. The Hall–Kier alpha value is -1.97. The molecule has 4 nitrogen and oxygen atoms in total. The molecule has 0 saturated carbocycles. The Balaban J connectivity index is 2.38. The van der Waals surface area contributed by atoms with Crippen molar-refractivity contribution in [3.63, 3.8) is 0 Å². The van der Waals surface area contributed by atoms with Crippen LogP contribution in [0.1, 0.15) is 29.9 Å². The highest BCUT2D eigenvalue weighted by atomic mass is 16.5. The first kappa shape index (κ1) is 11.5. The van der Waals surface area contributed by atoms with Gasteiger partial charge < -0.3 is 9.53 Å². The van der Waals surface area contributed by atoms with Crippen molar-refractivity contribution in [1.82, 2.24) is 0 Å². The van der Waals surface area contributed by atoms with Crippen molar-refractivity contribution in [3.05, 3.63) is 29.3 Å². The lowest BCUT2D eigenvalue weighted by Crippen LogP contribution is -2.15. The fourth-order valence-electron chi connectivity index (χ4n) is 2.22. The zero-order valence-electron chi connectivity index (χ0n) is 9.22. The van der Waals surface area contributed by atoms with Gasteiger partial charge >= 0.3 is 5.97 Å². The monoisotopic (exact) mass is 232 g/mol. The molecule has 1 unspecified atom stereocenters. The van der Waals surface area contributed by atoms with Crippen molar-refractivity contribution in [1.29, 1.82) is 0 Å². The SMILES string of the molecule is O=CC(=O)Oc1cccc2c1CCCC2C=O. The van der Waals surface area contributed by atoms with Gasteiger partial charge in [0.1, 0.15) is 12.0 Å². The Labute approximate surface area is 98.6 Å². The van der Waals surface area contributed by atoms with Crippen LogP contribution in [0.5, 0.6) is 5.75 Å². The maximum absolute atomic E-state index is 11.0. The van der Waals surface area contributed by atoms with Crippen LogP contribution in [0.4, 0.5) is 0 Å². The smallest absolute Gasteiger partial charge is 0.376 e. The van der Waals surface area contributed by atoms with E-state index in [1.165, 1.54) is 0 Å². The Morgan fingerprint density at radius 1 is 1.35 bits per heavy atom. The van der Waals surface area contributed by atoms with Crippen LogP contribution in [0.15, 0.2) is 18.2 Å². The molecular formula is C13H12O4. The van der Waals surface area contributed by atoms with Crippen molar-refractivity contribution in [2.24, 2.45) is 0 Å². The minimum atomic E-state index is -0.911. The Morgan fingerprint density at radius 2 is 2.18 bits per heavy atom. The first-order valence-corrected chi connectivity index (χ1v) is 5.50. The average molecular weight is 232 g/mol. The number of rotatable bonds is 3. The maximum Gasteiger partial charge on any atom is 0.376 e. The van der Waals surface area contributed by atoms with Crippen molar-refractivity contribution >= 4 is 18.5 Å². The van der Waals surface area contributed by atoms with Crippen LogP contribution in [-0.2, 0) is 20.8 Å². The largest absolute Gasteiger partial charge is 0.421 e. The predicted octanol–water partition coefficient (Wildman–Crippen LogP) is 1.41. The molecule has 0 radical (unpaired) electrons. The molecule has 2 rings (SSSR count). The summed E-state index contributed by atoms with van der Waals surface area (Å²) >= 11 is 0. The predicted molar refractivity (Wildman–Crippen MR) is 59.9 cm³/mol. The van der Waals surface area contributed by atoms with Gasteiger partial charge in [-0.2, -0.15) is 0 Å². The summed E-state index contributed by atoms with van der Waals surface area (Å²) in [6.07, 6.45) is 3.53. The number of ether oxygens (including phenoxy) is 1. The topological polar surface area (TPSA) is 60.4 Å². The lowest BCUT2D eigenvalue weighted by atomic mass is 9.83. The number of esters is 1. The third-order valence-electron chi connectivity index (χ3n) is 2.98. The molecule has 0 N–H and O–H groups in total. The van der Waals surface area contributed by atoms with Gasteiger partial charge in [0.25, 0.3) is 0 Å².